The van der Waals surface area contributed by atoms with Crippen molar-refractivity contribution < 1.29 is 0 Å². The molecule has 2 rings (SSSR count). The second kappa shape index (κ2) is 4.91. The number of hydrogen-bond donors (Lipinski definition) is 0. The van der Waals surface area contributed by atoms with Crippen molar-refractivity contribution >= 4 is 5.82 Å². The van der Waals surface area contributed by atoms with Crippen LogP contribution in [0.25, 0.3) is 0 Å². The molecule has 2 heterocycles. The van der Waals surface area contributed by atoms with Crippen LogP contribution in [0.5, 0.6) is 0 Å². The number of hydrogen-bond acceptors (Lipinski definition) is 3. The molecule has 1 aliphatic heterocycles. The molecule has 0 atom stereocenters. The minimum atomic E-state index is 0.757. The van der Waals surface area contributed by atoms with E-state index >= 15 is 0 Å². The SMILES string of the molecule is CC=CC1CCN(c2ccncn2)CC1. The Morgan fingerprint density at radius 2 is 2.20 bits per heavy atom. The van der Waals surface area contributed by atoms with Crippen molar-refractivity contribution in [1.29, 1.82) is 0 Å². The monoisotopic (exact) mass is 203 g/mol. The van der Waals surface area contributed by atoms with Crippen LogP contribution in [0.3, 0.4) is 0 Å². The van der Waals surface area contributed by atoms with E-state index in [1.54, 1.807) is 12.5 Å². The van der Waals surface area contributed by atoms with Gasteiger partial charge in [-0.3, -0.25) is 0 Å². The Morgan fingerprint density at radius 3 is 2.80 bits per heavy atom. The highest BCUT2D eigenvalue weighted by atomic mass is 15.2. The molecule has 3 heteroatoms. The molecule has 3 nitrogen and oxygen atoms in total. The van der Waals surface area contributed by atoms with Crippen LogP contribution in [0.2, 0.25) is 0 Å². The Bertz CT molecular complexity index is 313. The van der Waals surface area contributed by atoms with Crippen LogP contribution in [0.15, 0.2) is 30.7 Å². The predicted octanol–water partition coefficient (Wildman–Crippen LogP) is 2.27. The fraction of sp³-hybridized carbons (Fsp3) is 0.500. The molecule has 15 heavy (non-hydrogen) atoms. The maximum absolute atomic E-state index is 4.27. The molecule has 0 radical (unpaired) electrons. The van der Waals surface area contributed by atoms with Crippen LogP contribution in [-0.2, 0) is 0 Å². The van der Waals surface area contributed by atoms with Crippen molar-refractivity contribution in [3.05, 3.63) is 30.7 Å². The van der Waals surface area contributed by atoms with Gasteiger partial charge in [0.2, 0.25) is 0 Å². The maximum Gasteiger partial charge on any atom is 0.131 e. The molecular weight excluding hydrogens is 186 g/mol. The van der Waals surface area contributed by atoms with Gasteiger partial charge in [0, 0.05) is 19.3 Å². The summed E-state index contributed by atoms with van der Waals surface area (Å²) in [6, 6.07) is 1.98. The van der Waals surface area contributed by atoms with Crippen LogP contribution in [0.1, 0.15) is 19.8 Å². The number of rotatable bonds is 2. The van der Waals surface area contributed by atoms with Gasteiger partial charge in [-0.2, -0.15) is 0 Å². The molecule has 0 N–H and O–H groups in total. The van der Waals surface area contributed by atoms with Gasteiger partial charge in [-0.05, 0) is 31.7 Å². The first kappa shape index (κ1) is 10.1. The zero-order valence-electron chi connectivity index (χ0n) is 9.13. The Kier molecular flexibility index (Phi) is 3.33. The van der Waals surface area contributed by atoms with E-state index in [-0.39, 0.29) is 0 Å². The molecule has 0 bridgehead atoms. The van der Waals surface area contributed by atoms with Crippen molar-refractivity contribution in [2.24, 2.45) is 5.92 Å². The van der Waals surface area contributed by atoms with Gasteiger partial charge in [-0.1, -0.05) is 12.2 Å². The molecule has 0 aromatic carbocycles. The summed E-state index contributed by atoms with van der Waals surface area (Å²) in [7, 11) is 0. The normalized spacial score (nSPS) is 18.6. The van der Waals surface area contributed by atoms with Crippen molar-refractivity contribution in [2.75, 3.05) is 18.0 Å². The van der Waals surface area contributed by atoms with Gasteiger partial charge in [-0.15, -0.1) is 0 Å². The highest BCUT2D eigenvalue weighted by Gasteiger charge is 2.17. The van der Waals surface area contributed by atoms with E-state index in [4.69, 9.17) is 0 Å². The summed E-state index contributed by atoms with van der Waals surface area (Å²) in [5.41, 5.74) is 0. The third-order valence-corrected chi connectivity index (χ3v) is 2.89. The van der Waals surface area contributed by atoms with Crippen molar-refractivity contribution in [3.63, 3.8) is 0 Å². The van der Waals surface area contributed by atoms with Crippen molar-refractivity contribution in [1.82, 2.24) is 9.97 Å². The molecule has 1 fully saturated rings. The lowest BCUT2D eigenvalue weighted by Gasteiger charge is -2.31. The van der Waals surface area contributed by atoms with Gasteiger partial charge in [-0.25, -0.2) is 9.97 Å². The Labute approximate surface area is 90.9 Å². The minimum Gasteiger partial charge on any atom is -0.356 e. The van der Waals surface area contributed by atoms with Gasteiger partial charge < -0.3 is 4.90 Å². The van der Waals surface area contributed by atoms with Gasteiger partial charge in [0.05, 0.1) is 0 Å². The zero-order valence-corrected chi connectivity index (χ0v) is 9.13. The van der Waals surface area contributed by atoms with Gasteiger partial charge in [0.15, 0.2) is 0 Å². The highest BCUT2D eigenvalue weighted by Crippen LogP contribution is 2.21. The Hall–Kier alpha value is -1.38. The Morgan fingerprint density at radius 1 is 1.40 bits per heavy atom. The molecule has 0 spiro atoms. The Balaban J connectivity index is 1.94. The summed E-state index contributed by atoms with van der Waals surface area (Å²) in [6.07, 6.45) is 10.4. The maximum atomic E-state index is 4.27. The summed E-state index contributed by atoms with van der Waals surface area (Å²) in [5.74, 6) is 1.82. The fourth-order valence-electron chi connectivity index (χ4n) is 2.06. The summed E-state index contributed by atoms with van der Waals surface area (Å²) < 4.78 is 0. The third-order valence-electron chi connectivity index (χ3n) is 2.89. The van der Waals surface area contributed by atoms with E-state index in [2.05, 4.69) is 33.9 Å². The van der Waals surface area contributed by atoms with Crippen LogP contribution in [0, 0.1) is 5.92 Å². The number of piperidine rings is 1. The van der Waals surface area contributed by atoms with E-state index in [1.165, 1.54) is 12.8 Å². The lowest BCUT2D eigenvalue weighted by Crippen LogP contribution is -2.33. The minimum absolute atomic E-state index is 0.757. The van der Waals surface area contributed by atoms with Gasteiger partial charge in [0.1, 0.15) is 12.1 Å². The number of anilines is 1. The highest BCUT2D eigenvalue weighted by molar-refractivity contribution is 5.36. The predicted molar refractivity (Wildman–Crippen MR) is 61.8 cm³/mol. The first-order valence-electron chi connectivity index (χ1n) is 5.54. The topological polar surface area (TPSA) is 29.0 Å². The van der Waals surface area contributed by atoms with Gasteiger partial charge >= 0.3 is 0 Å². The molecule has 1 saturated heterocycles. The summed E-state index contributed by atoms with van der Waals surface area (Å²) in [5, 5.41) is 0. The molecule has 0 aliphatic carbocycles. The first-order valence-corrected chi connectivity index (χ1v) is 5.54. The number of aromatic nitrogens is 2. The first-order chi connectivity index (χ1) is 7.40. The third kappa shape index (κ3) is 2.55. The lowest BCUT2D eigenvalue weighted by molar-refractivity contribution is 0.476. The second-order valence-electron chi connectivity index (χ2n) is 3.92. The summed E-state index contributed by atoms with van der Waals surface area (Å²) >= 11 is 0. The zero-order chi connectivity index (χ0) is 10.5. The number of nitrogens with zero attached hydrogens (tertiary/aromatic N) is 3. The molecule has 0 amide bonds. The van der Waals surface area contributed by atoms with Crippen LogP contribution < -0.4 is 4.90 Å². The molecule has 1 aromatic heterocycles. The van der Waals surface area contributed by atoms with E-state index in [0.29, 0.717) is 0 Å². The van der Waals surface area contributed by atoms with E-state index in [1.807, 2.05) is 6.07 Å². The molecule has 0 unspecified atom stereocenters. The largest absolute Gasteiger partial charge is 0.356 e. The summed E-state index contributed by atoms with van der Waals surface area (Å²) in [6.45, 7) is 4.30. The van der Waals surface area contributed by atoms with Crippen LogP contribution in [-0.4, -0.2) is 23.1 Å². The quantitative estimate of drug-likeness (QED) is 0.690. The van der Waals surface area contributed by atoms with E-state index < -0.39 is 0 Å². The molecule has 0 saturated carbocycles. The van der Waals surface area contributed by atoms with Crippen molar-refractivity contribution in [2.45, 2.75) is 19.8 Å². The van der Waals surface area contributed by atoms with E-state index in [9.17, 15) is 0 Å². The van der Waals surface area contributed by atoms with Crippen LogP contribution in [0.4, 0.5) is 5.82 Å². The molecular formula is C12H17N3. The lowest BCUT2D eigenvalue weighted by atomic mass is 9.96. The average molecular weight is 203 g/mol. The standard InChI is InChI=1S/C12H17N3/c1-2-3-11-5-8-15(9-6-11)12-4-7-13-10-14-12/h2-4,7,10-11H,5-6,8-9H2,1H3. The van der Waals surface area contributed by atoms with Crippen molar-refractivity contribution in [3.8, 4) is 0 Å². The summed E-state index contributed by atoms with van der Waals surface area (Å²) in [4.78, 5) is 10.5. The van der Waals surface area contributed by atoms with Gasteiger partial charge in [0.25, 0.3) is 0 Å². The number of allylic oxidation sites excluding steroid dienone is 2. The fourth-order valence-corrected chi connectivity index (χ4v) is 2.06. The molecule has 1 aliphatic rings. The average Bonchev–Trinajstić information content (AvgIpc) is 2.32. The molecule has 80 valence electrons. The van der Waals surface area contributed by atoms with E-state index in [0.717, 1.165) is 24.8 Å². The second-order valence-corrected chi connectivity index (χ2v) is 3.92. The molecule has 1 aromatic rings. The smallest absolute Gasteiger partial charge is 0.131 e. The van der Waals surface area contributed by atoms with Crippen LogP contribution >= 0.6 is 0 Å².